The summed E-state index contributed by atoms with van der Waals surface area (Å²) < 4.78 is 165. The van der Waals surface area contributed by atoms with Crippen molar-refractivity contribution in [3.05, 3.63) is 0 Å². The highest BCUT2D eigenvalue weighted by Gasteiger charge is 2.80. The van der Waals surface area contributed by atoms with E-state index in [2.05, 4.69) is 0 Å². The molecule has 0 bridgehead atoms. The smallest absolute Gasteiger partial charge is 0.373 e. The van der Waals surface area contributed by atoms with E-state index in [0.717, 1.165) is 0 Å². The first kappa shape index (κ1) is 28.3. The molecule has 2 aliphatic rings. The lowest BCUT2D eigenvalue weighted by molar-refractivity contribution is -0.426. The zero-order chi connectivity index (χ0) is 25.7. The normalized spacial score (nSPS) is 26.4. The molecule has 0 radical (unpaired) electrons. The topological polar surface area (TPSA) is 49.7 Å². The van der Waals surface area contributed by atoms with Crippen LogP contribution in [0.3, 0.4) is 0 Å². The predicted octanol–water partition coefficient (Wildman–Crippen LogP) is 5.98. The van der Waals surface area contributed by atoms with Gasteiger partial charge in [-0.3, -0.25) is 0 Å². The quantitative estimate of drug-likeness (QED) is 0.455. The van der Waals surface area contributed by atoms with Gasteiger partial charge in [-0.05, 0) is 38.5 Å². The first-order valence-corrected chi connectivity index (χ1v) is 10.0. The average molecular weight is 514 g/mol. The van der Waals surface area contributed by atoms with E-state index in [0.29, 0.717) is 0 Å². The number of hydrogen-bond donors (Lipinski definition) is 2. The van der Waals surface area contributed by atoms with Crippen LogP contribution in [0.1, 0.15) is 57.8 Å². The summed E-state index contributed by atoms with van der Waals surface area (Å²) in [5.74, 6) is -2.43. The zero-order valence-electron chi connectivity index (χ0n) is 16.9. The monoisotopic (exact) mass is 514 g/mol. The van der Waals surface area contributed by atoms with Gasteiger partial charge < -0.3 is 14.9 Å². The second-order valence-electron chi connectivity index (χ2n) is 8.61. The molecule has 0 aromatic rings. The van der Waals surface area contributed by atoms with Crippen LogP contribution in [0.15, 0.2) is 0 Å². The molecular formula is C18H22F12O3. The van der Waals surface area contributed by atoms with Crippen molar-refractivity contribution < 1.29 is 67.6 Å². The fourth-order valence-corrected chi connectivity index (χ4v) is 4.91. The van der Waals surface area contributed by atoms with Crippen molar-refractivity contribution in [2.75, 3.05) is 0 Å². The first-order chi connectivity index (χ1) is 14.6. The molecule has 0 unspecified atom stereocenters. The van der Waals surface area contributed by atoms with Gasteiger partial charge in [0.15, 0.2) is 0 Å². The highest BCUT2D eigenvalue weighted by molar-refractivity contribution is 5.12. The van der Waals surface area contributed by atoms with Crippen molar-refractivity contribution in [1.29, 1.82) is 0 Å². The van der Waals surface area contributed by atoms with Gasteiger partial charge in [-0.15, -0.1) is 0 Å². The van der Waals surface area contributed by atoms with Crippen molar-refractivity contribution in [3.8, 4) is 0 Å². The molecule has 0 saturated heterocycles. The van der Waals surface area contributed by atoms with Crippen LogP contribution in [0.25, 0.3) is 0 Å². The van der Waals surface area contributed by atoms with E-state index < -0.39 is 92.1 Å². The summed E-state index contributed by atoms with van der Waals surface area (Å²) in [6.45, 7) is 0. The van der Waals surface area contributed by atoms with Crippen molar-refractivity contribution in [2.45, 2.75) is 105 Å². The number of alkyl halides is 12. The Hall–Kier alpha value is -0.960. The van der Waals surface area contributed by atoms with Crippen LogP contribution >= 0.6 is 0 Å². The van der Waals surface area contributed by atoms with Gasteiger partial charge in [0.1, 0.15) is 5.60 Å². The molecule has 2 saturated carbocycles. The Kier molecular flexibility index (Phi) is 7.38. The third-order valence-electron chi connectivity index (χ3n) is 6.66. The number of halogens is 12. The molecule has 2 aliphatic carbocycles. The molecule has 0 heterocycles. The van der Waals surface area contributed by atoms with Crippen molar-refractivity contribution in [3.63, 3.8) is 0 Å². The second-order valence-corrected chi connectivity index (χ2v) is 8.61. The van der Waals surface area contributed by atoms with Crippen LogP contribution in [0.5, 0.6) is 0 Å². The van der Waals surface area contributed by atoms with E-state index in [1.54, 1.807) is 0 Å². The Balaban J connectivity index is 2.32. The minimum Gasteiger partial charge on any atom is -0.373 e. The maximum absolute atomic E-state index is 13.5. The summed E-state index contributed by atoms with van der Waals surface area (Å²) in [6.07, 6.45) is -31.7. The molecule has 2 N–H and O–H groups in total. The minimum absolute atomic E-state index is 0.175. The van der Waals surface area contributed by atoms with E-state index in [1.807, 2.05) is 0 Å². The number of ether oxygens (including phenoxy) is 1. The first-order valence-electron chi connectivity index (χ1n) is 10.0. The van der Waals surface area contributed by atoms with Crippen LogP contribution in [-0.4, -0.2) is 57.8 Å². The molecule has 2 rings (SSSR count). The fourth-order valence-electron chi connectivity index (χ4n) is 4.91. The molecule has 2 fully saturated rings. The zero-order valence-corrected chi connectivity index (χ0v) is 16.9. The summed E-state index contributed by atoms with van der Waals surface area (Å²) in [5, 5.41) is 19.5. The van der Waals surface area contributed by atoms with Gasteiger partial charge in [0, 0.05) is 5.92 Å². The molecule has 0 amide bonds. The molecule has 0 aromatic carbocycles. The third-order valence-corrected chi connectivity index (χ3v) is 6.66. The fraction of sp³-hybridized carbons (Fsp3) is 1.00. The maximum Gasteiger partial charge on any atom is 0.429 e. The number of hydrogen-bond acceptors (Lipinski definition) is 3. The highest BCUT2D eigenvalue weighted by Crippen LogP contribution is 2.57. The SMILES string of the molecule is OC(C1CCC(OC2(C(O)(C(F)(F)F)C(F)(F)F)CCCCC2)CC1)(C(F)(F)F)C(F)(F)F. The molecular weight excluding hydrogens is 492 g/mol. The van der Waals surface area contributed by atoms with Crippen LogP contribution in [0.2, 0.25) is 0 Å². The standard InChI is InChI=1S/C18H22F12O3/c19-15(20,21)13(31,16(22,23)24)10-4-6-11(7-5-10)33-12(8-2-1-3-9-12)14(32,17(25,26)27)18(28,29)30/h10-11,31-32H,1-9H2. The summed E-state index contributed by atoms with van der Waals surface area (Å²) in [6, 6.07) is 0. The Morgan fingerprint density at radius 1 is 0.576 bits per heavy atom. The van der Waals surface area contributed by atoms with E-state index in [4.69, 9.17) is 4.74 Å². The third kappa shape index (κ3) is 4.65. The van der Waals surface area contributed by atoms with Gasteiger partial charge in [-0.2, -0.15) is 52.7 Å². The van der Waals surface area contributed by atoms with E-state index >= 15 is 0 Å². The summed E-state index contributed by atoms with van der Waals surface area (Å²) in [4.78, 5) is 0. The van der Waals surface area contributed by atoms with Crippen molar-refractivity contribution >= 4 is 0 Å². The van der Waals surface area contributed by atoms with Gasteiger partial charge in [-0.1, -0.05) is 19.3 Å². The number of aliphatic hydroxyl groups is 2. The van der Waals surface area contributed by atoms with E-state index in [9.17, 15) is 62.9 Å². The lowest BCUT2D eigenvalue weighted by Crippen LogP contribution is -2.72. The van der Waals surface area contributed by atoms with Gasteiger partial charge in [0.2, 0.25) is 0 Å². The summed E-state index contributed by atoms with van der Waals surface area (Å²) >= 11 is 0. The Labute approximate surface area is 180 Å². The average Bonchev–Trinajstić information content (AvgIpc) is 2.64. The van der Waals surface area contributed by atoms with Gasteiger partial charge in [0.05, 0.1) is 6.10 Å². The van der Waals surface area contributed by atoms with Crippen LogP contribution in [0, 0.1) is 5.92 Å². The minimum atomic E-state index is -6.22. The number of rotatable bonds is 4. The largest absolute Gasteiger partial charge is 0.429 e. The lowest BCUT2D eigenvalue weighted by atomic mass is 9.70. The lowest BCUT2D eigenvalue weighted by Gasteiger charge is -2.52. The molecule has 0 atom stereocenters. The predicted molar refractivity (Wildman–Crippen MR) is 86.8 cm³/mol. The Bertz CT molecular complexity index is 637. The second kappa shape index (κ2) is 8.61. The molecule has 196 valence electrons. The van der Waals surface area contributed by atoms with Crippen LogP contribution in [-0.2, 0) is 4.74 Å². The molecule has 0 aliphatic heterocycles. The summed E-state index contributed by atoms with van der Waals surface area (Å²) in [7, 11) is 0. The van der Waals surface area contributed by atoms with Gasteiger partial charge in [-0.25, -0.2) is 0 Å². The van der Waals surface area contributed by atoms with Gasteiger partial charge in [0.25, 0.3) is 11.2 Å². The van der Waals surface area contributed by atoms with Crippen molar-refractivity contribution in [2.24, 2.45) is 5.92 Å². The van der Waals surface area contributed by atoms with Crippen LogP contribution < -0.4 is 0 Å². The Morgan fingerprint density at radius 3 is 1.30 bits per heavy atom. The Morgan fingerprint density at radius 2 is 0.970 bits per heavy atom. The molecule has 33 heavy (non-hydrogen) atoms. The maximum atomic E-state index is 13.5. The molecule has 15 heteroatoms. The van der Waals surface area contributed by atoms with E-state index in [-0.39, 0.29) is 19.3 Å². The van der Waals surface area contributed by atoms with Crippen LogP contribution in [0.4, 0.5) is 52.7 Å². The summed E-state index contributed by atoms with van der Waals surface area (Å²) in [5.41, 5.74) is -13.6. The molecule has 0 spiro atoms. The van der Waals surface area contributed by atoms with E-state index in [1.165, 1.54) is 0 Å². The highest BCUT2D eigenvalue weighted by atomic mass is 19.4. The molecule has 0 aromatic heterocycles. The van der Waals surface area contributed by atoms with Crippen molar-refractivity contribution in [1.82, 2.24) is 0 Å². The van der Waals surface area contributed by atoms with Gasteiger partial charge >= 0.3 is 24.7 Å². The molecule has 3 nitrogen and oxygen atoms in total.